The van der Waals surface area contributed by atoms with Gasteiger partial charge in [-0.3, -0.25) is 0 Å². The van der Waals surface area contributed by atoms with Crippen molar-refractivity contribution in [2.24, 2.45) is 17.3 Å². The Morgan fingerprint density at radius 2 is 1.43 bits per heavy atom. The fourth-order valence-electron chi connectivity index (χ4n) is 3.45. The minimum Gasteiger partial charge on any atom is -0.384 e. The van der Waals surface area contributed by atoms with Crippen LogP contribution in [0.4, 0.5) is 0 Å². The number of methoxy groups -OCH3 is 2. The molecule has 0 aromatic rings. The Morgan fingerprint density at radius 3 is 1.86 bits per heavy atom. The first-order valence-electron chi connectivity index (χ1n) is 8.50. The Bertz CT molecular complexity index is 274. The van der Waals surface area contributed by atoms with E-state index in [0.717, 1.165) is 0 Å². The van der Waals surface area contributed by atoms with Gasteiger partial charge in [-0.1, -0.05) is 33.1 Å². The summed E-state index contributed by atoms with van der Waals surface area (Å²) in [5.74, 6) is 1.14. The van der Waals surface area contributed by atoms with Gasteiger partial charge in [-0.2, -0.15) is 0 Å². The number of rotatable bonds is 9. The zero-order chi connectivity index (χ0) is 15.9. The molecule has 0 N–H and O–H groups in total. The fourth-order valence-corrected chi connectivity index (χ4v) is 3.45. The Labute approximate surface area is 131 Å². The molecule has 0 heterocycles. The molecule has 1 aliphatic rings. The second kappa shape index (κ2) is 8.50. The summed E-state index contributed by atoms with van der Waals surface area (Å²) in [6.45, 7) is 11.0. The maximum Gasteiger partial charge on any atom is 0.0654 e. The van der Waals surface area contributed by atoms with Crippen molar-refractivity contribution in [2.75, 3.05) is 34.0 Å². The summed E-state index contributed by atoms with van der Waals surface area (Å²) in [5, 5.41) is 0. The molecule has 3 heteroatoms. The van der Waals surface area contributed by atoms with E-state index in [9.17, 15) is 0 Å². The molecule has 1 saturated carbocycles. The van der Waals surface area contributed by atoms with Crippen LogP contribution in [0.25, 0.3) is 0 Å². The highest BCUT2D eigenvalue weighted by Gasteiger charge is 2.39. The molecule has 0 saturated heterocycles. The van der Waals surface area contributed by atoms with Gasteiger partial charge in [0.15, 0.2) is 0 Å². The van der Waals surface area contributed by atoms with E-state index in [2.05, 4.69) is 27.7 Å². The van der Waals surface area contributed by atoms with Crippen molar-refractivity contribution < 1.29 is 14.2 Å². The summed E-state index contributed by atoms with van der Waals surface area (Å²) in [6.07, 6.45) is 6.69. The minimum atomic E-state index is -0.0601. The predicted molar refractivity (Wildman–Crippen MR) is 87.6 cm³/mol. The van der Waals surface area contributed by atoms with E-state index in [1.165, 1.54) is 32.1 Å². The van der Waals surface area contributed by atoms with Crippen molar-refractivity contribution in [3.05, 3.63) is 0 Å². The Morgan fingerprint density at radius 1 is 0.905 bits per heavy atom. The van der Waals surface area contributed by atoms with Crippen molar-refractivity contribution in [2.45, 2.75) is 65.4 Å². The molecule has 3 nitrogen and oxygen atoms in total. The standard InChI is InChI=1S/C18H36O3/c1-15(2)18(12-19-5,13-20-6)14-21-17(3,4)16-10-8-7-9-11-16/h15-16H,7-14H2,1-6H3. The molecule has 1 rings (SSSR count). The Hall–Kier alpha value is -0.120. The van der Waals surface area contributed by atoms with Crippen LogP contribution in [0.3, 0.4) is 0 Å². The van der Waals surface area contributed by atoms with E-state index in [0.29, 0.717) is 31.7 Å². The van der Waals surface area contributed by atoms with Gasteiger partial charge in [0.1, 0.15) is 0 Å². The first kappa shape index (κ1) is 18.9. The summed E-state index contributed by atoms with van der Waals surface area (Å²) in [4.78, 5) is 0. The number of hydrogen-bond donors (Lipinski definition) is 0. The monoisotopic (exact) mass is 300 g/mol. The van der Waals surface area contributed by atoms with Crippen LogP contribution in [-0.4, -0.2) is 39.6 Å². The zero-order valence-corrected chi connectivity index (χ0v) is 15.0. The lowest BCUT2D eigenvalue weighted by molar-refractivity contribution is -0.142. The average molecular weight is 300 g/mol. The first-order chi connectivity index (χ1) is 9.88. The van der Waals surface area contributed by atoms with Crippen LogP contribution in [-0.2, 0) is 14.2 Å². The Balaban J connectivity index is 2.69. The van der Waals surface area contributed by atoms with Crippen molar-refractivity contribution in [3.63, 3.8) is 0 Å². The highest BCUT2D eigenvalue weighted by Crippen LogP contribution is 2.37. The van der Waals surface area contributed by atoms with Crippen LogP contribution >= 0.6 is 0 Å². The van der Waals surface area contributed by atoms with Gasteiger partial charge in [0, 0.05) is 19.6 Å². The molecule has 1 fully saturated rings. The molecular weight excluding hydrogens is 264 g/mol. The van der Waals surface area contributed by atoms with Crippen LogP contribution in [0.1, 0.15) is 59.8 Å². The molecule has 0 unspecified atom stereocenters. The van der Waals surface area contributed by atoms with Crippen LogP contribution < -0.4 is 0 Å². The van der Waals surface area contributed by atoms with Crippen molar-refractivity contribution in [3.8, 4) is 0 Å². The third kappa shape index (κ3) is 5.22. The molecule has 0 amide bonds. The SMILES string of the molecule is COCC(COC)(COC(C)(C)C1CCCCC1)C(C)C. The number of hydrogen-bond acceptors (Lipinski definition) is 3. The molecule has 0 aromatic carbocycles. The predicted octanol–water partition coefficient (Wildman–Crippen LogP) is 4.30. The normalized spacial score (nSPS) is 18.4. The summed E-state index contributed by atoms with van der Waals surface area (Å²) in [5.41, 5.74) is -0.114. The van der Waals surface area contributed by atoms with E-state index in [4.69, 9.17) is 14.2 Å². The zero-order valence-electron chi connectivity index (χ0n) is 15.0. The third-order valence-corrected chi connectivity index (χ3v) is 5.41. The van der Waals surface area contributed by atoms with Gasteiger partial charge in [0.2, 0.25) is 0 Å². The highest BCUT2D eigenvalue weighted by molar-refractivity contribution is 4.87. The van der Waals surface area contributed by atoms with Crippen LogP contribution in [0, 0.1) is 17.3 Å². The molecule has 0 spiro atoms. The highest BCUT2D eigenvalue weighted by atomic mass is 16.5. The summed E-state index contributed by atoms with van der Waals surface area (Å²) < 4.78 is 17.4. The maximum atomic E-state index is 6.44. The van der Waals surface area contributed by atoms with Gasteiger partial charge >= 0.3 is 0 Å². The largest absolute Gasteiger partial charge is 0.384 e. The molecule has 0 radical (unpaired) electrons. The van der Waals surface area contributed by atoms with Crippen molar-refractivity contribution in [1.29, 1.82) is 0 Å². The van der Waals surface area contributed by atoms with Gasteiger partial charge in [0.25, 0.3) is 0 Å². The summed E-state index contributed by atoms with van der Waals surface area (Å²) in [6, 6.07) is 0. The van der Waals surface area contributed by atoms with E-state index in [1.807, 2.05) is 0 Å². The molecule has 1 aliphatic carbocycles. The molecule has 21 heavy (non-hydrogen) atoms. The molecule has 0 atom stereocenters. The molecule has 126 valence electrons. The summed E-state index contributed by atoms with van der Waals surface area (Å²) in [7, 11) is 3.53. The molecular formula is C18H36O3. The van der Waals surface area contributed by atoms with Crippen LogP contribution in [0.15, 0.2) is 0 Å². The molecule has 0 aliphatic heterocycles. The van der Waals surface area contributed by atoms with Gasteiger partial charge in [0.05, 0.1) is 25.4 Å². The van der Waals surface area contributed by atoms with Gasteiger partial charge < -0.3 is 14.2 Å². The Kier molecular flexibility index (Phi) is 7.66. The second-order valence-electron chi connectivity index (χ2n) is 7.61. The van der Waals surface area contributed by atoms with E-state index in [-0.39, 0.29) is 11.0 Å². The molecule has 0 bridgehead atoms. The van der Waals surface area contributed by atoms with E-state index < -0.39 is 0 Å². The first-order valence-corrected chi connectivity index (χ1v) is 8.50. The lowest BCUT2D eigenvalue weighted by atomic mass is 9.77. The smallest absolute Gasteiger partial charge is 0.0654 e. The average Bonchev–Trinajstić information content (AvgIpc) is 2.46. The maximum absolute atomic E-state index is 6.44. The summed E-state index contributed by atoms with van der Waals surface area (Å²) >= 11 is 0. The minimum absolute atomic E-state index is 0.0535. The van der Waals surface area contributed by atoms with Crippen molar-refractivity contribution in [1.82, 2.24) is 0 Å². The third-order valence-electron chi connectivity index (χ3n) is 5.41. The van der Waals surface area contributed by atoms with Crippen LogP contribution in [0.2, 0.25) is 0 Å². The number of ether oxygens (including phenoxy) is 3. The fraction of sp³-hybridized carbons (Fsp3) is 1.00. The van der Waals surface area contributed by atoms with Gasteiger partial charge in [-0.15, -0.1) is 0 Å². The quantitative estimate of drug-likeness (QED) is 0.635. The lowest BCUT2D eigenvalue weighted by Gasteiger charge is -2.42. The lowest BCUT2D eigenvalue weighted by Crippen LogP contribution is -2.46. The van der Waals surface area contributed by atoms with E-state index in [1.54, 1.807) is 14.2 Å². The van der Waals surface area contributed by atoms with E-state index >= 15 is 0 Å². The van der Waals surface area contributed by atoms with Gasteiger partial charge in [-0.25, -0.2) is 0 Å². The molecule has 0 aromatic heterocycles. The van der Waals surface area contributed by atoms with Crippen LogP contribution in [0.5, 0.6) is 0 Å². The van der Waals surface area contributed by atoms with Gasteiger partial charge in [-0.05, 0) is 38.5 Å². The second-order valence-corrected chi connectivity index (χ2v) is 7.61. The van der Waals surface area contributed by atoms with Crippen molar-refractivity contribution >= 4 is 0 Å². The topological polar surface area (TPSA) is 27.7 Å².